The van der Waals surface area contributed by atoms with Crippen LogP contribution in [0.15, 0.2) is 36.4 Å². The van der Waals surface area contributed by atoms with E-state index in [1.54, 1.807) is 7.11 Å². The molecule has 4 nitrogen and oxygen atoms in total. The fourth-order valence-electron chi connectivity index (χ4n) is 5.06. The Morgan fingerprint density at radius 1 is 1.03 bits per heavy atom. The summed E-state index contributed by atoms with van der Waals surface area (Å²) in [6, 6.07) is 9.17. The predicted molar refractivity (Wildman–Crippen MR) is 112 cm³/mol. The Kier molecular flexibility index (Phi) is 5.50. The SMILES string of the molecule is COc1ccc(C(C)N2C[C@H]3C[C@@H]2CN3C(=O)c2ccc(C(F)(F)F)cc2)c(C)c1C. The number of amides is 1. The molecular formula is C24H27F3N2O2. The van der Waals surface area contributed by atoms with E-state index in [4.69, 9.17) is 4.74 Å². The summed E-state index contributed by atoms with van der Waals surface area (Å²) in [6.45, 7) is 7.73. The van der Waals surface area contributed by atoms with Gasteiger partial charge in [0.1, 0.15) is 5.75 Å². The number of piperazine rings is 1. The molecule has 2 aromatic carbocycles. The summed E-state index contributed by atoms with van der Waals surface area (Å²) in [5.74, 6) is 0.690. The van der Waals surface area contributed by atoms with Crippen molar-refractivity contribution in [1.82, 2.24) is 9.80 Å². The third-order valence-corrected chi connectivity index (χ3v) is 6.95. The molecule has 2 aromatic rings. The molecule has 0 aliphatic carbocycles. The number of fused-ring (bicyclic) bond motifs is 2. The quantitative estimate of drug-likeness (QED) is 0.682. The molecule has 2 bridgehead atoms. The number of hydrogen-bond acceptors (Lipinski definition) is 3. The largest absolute Gasteiger partial charge is 0.496 e. The van der Waals surface area contributed by atoms with Gasteiger partial charge in [-0.05, 0) is 74.2 Å². The number of methoxy groups -OCH3 is 1. The normalized spacial score (nSPS) is 22.1. The standard InChI is InChI=1S/C24H27F3N2O2/c1-14-15(2)22(31-4)10-9-21(14)16(3)28-12-20-11-19(28)13-29(20)23(30)17-5-7-18(8-6-17)24(25,26)27/h5-10,16,19-20H,11-13H2,1-4H3/t16?,19-,20-/m1/s1. The van der Waals surface area contributed by atoms with Crippen molar-refractivity contribution in [1.29, 1.82) is 0 Å². The Bertz CT molecular complexity index is 988. The average molecular weight is 432 g/mol. The summed E-state index contributed by atoms with van der Waals surface area (Å²) in [4.78, 5) is 17.2. The number of hydrogen-bond donors (Lipinski definition) is 0. The molecule has 0 saturated carbocycles. The smallest absolute Gasteiger partial charge is 0.416 e. The Balaban J connectivity index is 1.46. The zero-order valence-corrected chi connectivity index (χ0v) is 18.2. The van der Waals surface area contributed by atoms with Crippen LogP contribution in [0.25, 0.3) is 0 Å². The minimum absolute atomic E-state index is 0.0851. The van der Waals surface area contributed by atoms with Crippen molar-refractivity contribution in [3.05, 3.63) is 64.2 Å². The van der Waals surface area contributed by atoms with E-state index >= 15 is 0 Å². The van der Waals surface area contributed by atoms with Crippen molar-refractivity contribution in [2.24, 2.45) is 0 Å². The molecule has 0 radical (unpaired) electrons. The molecule has 2 fully saturated rings. The van der Waals surface area contributed by atoms with Gasteiger partial charge in [-0.2, -0.15) is 13.2 Å². The summed E-state index contributed by atoms with van der Waals surface area (Å²) in [5.41, 5.74) is 3.17. The number of likely N-dealkylation sites (tertiary alicyclic amines) is 2. The van der Waals surface area contributed by atoms with Crippen LogP contribution in [0.5, 0.6) is 5.75 Å². The Morgan fingerprint density at radius 2 is 1.71 bits per heavy atom. The van der Waals surface area contributed by atoms with Crippen molar-refractivity contribution < 1.29 is 22.7 Å². The first-order valence-corrected chi connectivity index (χ1v) is 10.5. The van der Waals surface area contributed by atoms with Crippen LogP contribution in [-0.4, -0.2) is 48.0 Å². The summed E-state index contributed by atoms with van der Waals surface area (Å²) in [6.07, 6.45) is -3.51. The van der Waals surface area contributed by atoms with Gasteiger partial charge in [0.2, 0.25) is 0 Å². The number of rotatable bonds is 4. The molecule has 2 aliphatic heterocycles. The maximum Gasteiger partial charge on any atom is 0.416 e. The number of carbonyl (C=O) groups excluding carboxylic acids is 1. The molecule has 1 unspecified atom stereocenters. The van der Waals surface area contributed by atoms with Crippen molar-refractivity contribution in [3.8, 4) is 5.75 Å². The highest BCUT2D eigenvalue weighted by Gasteiger charge is 2.47. The zero-order chi connectivity index (χ0) is 22.5. The minimum atomic E-state index is -4.40. The highest BCUT2D eigenvalue weighted by Crippen LogP contribution is 2.39. The molecule has 31 heavy (non-hydrogen) atoms. The van der Waals surface area contributed by atoms with Gasteiger partial charge in [0, 0.05) is 36.8 Å². The van der Waals surface area contributed by atoms with E-state index in [-0.39, 0.29) is 24.0 Å². The number of alkyl halides is 3. The van der Waals surface area contributed by atoms with Crippen molar-refractivity contribution in [2.75, 3.05) is 20.2 Å². The van der Waals surface area contributed by atoms with E-state index in [1.165, 1.54) is 23.3 Å². The van der Waals surface area contributed by atoms with E-state index in [1.807, 2.05) is 11.0 Å². The van der Waals surface area contributed by atoms with E-state index in [9.17, 15) is 18.0 Å². The van der Waals surface area contributed by atoms with Gasteiger partial charge in [0.05, 0.1) is 12.7 Å². The maximum absolute atomic E-state index is 12.9. The van der Waals surface area contributed by atoms with Gasteiger partial charge >= 0.3 is 6.18 Å². The minimum Gasteiger partial charge on any atom is -0.496 e. The second-order valence-electron chi connectivity index (χ2n) is 8.56. The fourth-order valence-corrected chi connectivity index (χ4v) is 5.06. The average Bonchev–Trinajstić information content (AvgIpc) is 3.35. The van der Waals surface area contributed by atoms with Crippen LogP contribution in [0.1, 0.15) is 52.0 Å². The first kappa shape index (κ1) is 21.7. The Hall–Kier alpha value is -2.54. The summed E-state index contributed by atoms with van der Waals surface area (Å²) >= 11 is 0. The van der Waals surface area contributed by atoms with Crippen LogP contribution < -0.4 is 4.74 Å². The lowest BCUT2D eigenvalue weighted by atomic mass is 9.96. The van der Waals surface area contributed by atoms with E-state index in [0.29, 0.717) is 12.1 Å². The summed E-state index contributed by atoms with van der Waals surface area (Å²) < 4.78 is 43.8. The summed E-state index contributed by atoms with van der Waals surface area (Å²) in [7, 11) is 1.67. The predicted octanol–water partition coefficient (Wildman–Crippen LogP) is 4.99. The zero-order valence-electron chi connectivity index (χ0n) is 18.2. The van der Waals surface area contributed by atoms with Crippen molar-refractivity contribution >= 4 is 5.91 Å². The second kappa shape index (κ2) is 7.86. The molecule has 0 N–H and O–H groups in total. The Labute approximate surface area is 180 Å². The van der Waals surface area contributed by atoms with E-state index in [2.05, 4.69) is 31.7 Å². The van der Waals surface area contributed by atoms with Crippen LogP contribution in [0.4, 0.5) is 13.2 Å². The molecule has 3 atom stereocenters. The third-order valence-electron chi connectivity index (χ3n) is 6.95. The lowest BCUT2D eigenvalue weighted by Crippen LogP contribution is -2.49. The van der Waals surface area contributed by atoms with Gasteiger partial charge in [-0.1, -0.05) is 6.07 Å². The summed E-state index contributed by atoms with van der Waals surface area (Å²) in [5, 5.41) is 0. The lowest BCUT2D eigenvalue weighted by molar-refractivity contribution is -0.137. The van der Waals surface area contributed by atoms with Crippen LogP contribution in [-0.2, 0) is 6.18 Å². The van der Waals surface area contributed by atoms with Gasteiger partial charge in [0.25, 0.3) is 5.91 Å². The first-order valence-electron chi connectivity index (χ1n) is 10.5. The van der Waals surface area contributed by atoms with Gasteiger partial charge in [-0.25, -0.2) is 0 Å². The molecule has 2 heterocycles. The Morgan fingerprint density at radius 3 is 2.26 bits per heavy atom. The molecule has 2 aliphatic rings. The first-order chi connectivity index (χ1) is 14.6. The van der Waals surface area contributed by atoms with Crippen LogP contribution in [0.2, 0.25) is 0 Å². The highest BCUT2D eigenvalue weighted by atomic mass is 19.4. The molecule has 0 aromatic heterocycles. The van der Waals surface area contributed by atoms with Gasteiger partial charge < -0.3 is 9.64 Å². The maximum atomic E-state index is 12.9. The van der Waals surface area contributed by atoms with Crippen LogP contribution in [0.3, 0.4) is 0 Å². The number of ether oxygens (including phenoxy) is 1. The van der Waals surface area contributed by atoms with Crippen molar-refractivity contribution in [3.63, 3.8) is 0 Å². The number of carbonyl (C=O) groups is 1. The van der Waals surface area contributed by atoms with E-state index in [0.717, 1.165) is 36.4 Å². The second-order valence-corrected chi connectivity index (χ2v) is 8.56. The molecule has 166 valence electrons. The topological polar surface area (TPSA) is 32.8 Å². The van der Waals surface area contributed by atoms with Gasteiger partial charge in [-0.3, -0.25) is 9.69 Å². The molecular weight excluding hydrogens is 405 g/mol. The van der Waals surface area contributed by atoms with Gasteiger partial charge in [0.15, 0.2) is 0 Å². The number of halogens is 3. The van der Waals surface area contributed by atoms with Crippen molar-refractivity contribution in [2.45, 2.75) is 51.5 Å². The number of nitrogens with zero attached hydrogens (tertiary/aromatic N) is 2. The molecule has 1 amide bonds. The lowest BCUT2D eigenvalue weighted by Gasteiger charge is -2.38. The number of benzene rings is 2. The van der Waals surface area contributed by atoms with Gasteiger partial charge in [-0.15, -0.1) is 0 Å². The van der Waals surface area contributed by atoms with Crippen LogP contribution >= 0.6 is 0 Å². The molecule has 4 rings (SSSR count). The molecule has 2 saturated heterocycles. The van der Waals surface area contributed by atoms with Crippen LogP contribution in [0, 0.1) is 13.8 Å². The molecule has 0 spiro atoms. The fraction of sp³-hybridized carbons (Fsp3) is 0.458. The third kappa shape index (κ3) is 3.80. The molecule has 7 heteroatoms. The highest BCUT2D eigenvalue weighted by molar-refractivity contribution is 5.94. The monoisotopic (exact) mass is 432 g/mol. The van der Waals surface area contributed by atoms with E-state index < -0.39 is 11.7 Å².